The Morgan fingerprint density at radius 1 is 1.33 bits per heavy atom. The van der Waals surface area contributed by atoms with E-state index in [0.717, 1.165) is 12.8 Å². The second-order valence-corrected chi connectivity index (χ2v) is 5.15. The zero-order valence-electron chi connectivity index (χ0n) is 10.4. The maximum Gasteiger partial charge on any atom is 0.184 e. The zero-order chi connectivity index (χ0) is 12.8. The average molecular weight is 261 g/mol. The molecule has 0 heterocycles. The Morgan fingerprint density at radius 3 is 2.83 bits per heavy atom. The van der Waals surface area contributed by atoms with Gasteiger partial charge < -0.3 is 5.73 Å². The Kier molecular flexibility index (Phi) is 4.70. The van der Waals surface area contributed by atoms with Gasteiger partial charge in [0, 0.05) is 11.6 Å². The second-order valence-electron chi connectivity index (χ2n) is 4.71. The summed E-state index contributed by atoms with van der Waals surface area (Å²) in [6.07, 6.45) is 5.80. The minimum Gasteiger partial charge on any atom is -0.375 e. The molecule has 0 spiro atoms. The summed E-state index contributed by atoms with van der Waals surface area (Å²) < 4.78 is 0. The number of nitrogens with two attached hydrogens (primary N) is 1. The van der Waals surface area contributed by atoms with Crippen LogP contribution in [0.2, 0.25) is 0 Å². The molecule has 1 aromatic carbocycles. The highest BCUT2D eigenvalue weighted by Gasteiger charge is 2.20. The van der Waals surface area contributed by atoms with Crippen molar-refractivity contribution >= 4 is 23.0 Å². The number of rotatable bonds is 3. The van der Waals surface area contributed by atoms with E-state index in [9.17, 15) is 0 Å². The molecule has 0 aliphatic heterocycles. The molecule has 0 amide bonds. The molecule has 0 bridgehead atoms. The van der Waals surface area contributed by atoms with Crippen molar-refractivity contribution in [3.63, 3.8) is 0 Å². The molecule has 1 atom stereocenters. The molecule has 0 aromatic heterocycles. The third kappa shape index (κ3) is 3.81. The Labute approximate surface area is 113 Å². The van der Waals surface area contributed by atoms with Crippen LogP contribution in [-0.2, 0) is 6.42 Å². The average Bonchev–Trinajstić information content (AvgIpc) is 2.39. The van der Waals surface area contributed by atoms with Crippen LogP contribution in [0.25, 0.3) is 0 Å². The number of nitrogens with one attached hydrogen (secondary N) is 1. The summed E-state index contributed by atoms with van der Waals surface area (Å²) in [5, 5.41) is 4.60. The second kappa shape index (κ2) is 6.50. The van der Waals surface area contributed by atoms with Crippen LogP contribution < -0.4 is 11.2 Å². The van der Waals surface area contributed by atoms with E-state index in [2.05, 4.69) is 34.8 Å². The van der Waals surface area contributed by atoms with Gasteiger partial charge in [-0.15, -0.1) is 0 Å². The largest absolute Gasteiger partial charge is 0.375 e. The highest BCUT2D eigenvalue weighted by atomic mass is 32.1. The van der Waals surface area contributed by atoms with Crippen molar-refractivity contribution in [2.45, 2.75) is 32.1 Å². The van der Waals surface area contributed by atoms with Gasteiger partial charge in [0.05, 0.1) is 0 Å². The van der Waals surface area contributed by atoms with Gasteiger partial charge in [-0.2, -0.15) is 5.10 Å². The predicted molar refractivity (Wildman–Crippen MR) is 79.5 cm³/mol. The van der Waals surface area contributed by atoms with E-state index in [1.54, 1.807) is 0 Å². The zero-order valence-corrected chi connectivity index (χ0v) is 11.2. The molecule has 3 N–H and O–H groups in total. The molecule has 1 aliphatic rings. The molecular formula is C14H19N3S. The summed E-state index contributed by atoms with van der Waals surface area (Å²) in [4.78, 5) is 0. The minimum atomic E-state index is 0.242. The number of benzene rings is 1. The lowest BCUT2D eigenvalue weighted by atomic mass is 9.83. The van der Waals surface area contributed by atoms with E-state index in [4.69, 9.17) is 18.0 Å². The third-order valence-corrected chi connectivity index (χ3v) is 3.43. The molecule has 2 rings (SSSR count). The number of hydrogen-bond acceptors (Lipinski definition) is 2. The molecule has 1 aromatic rings. The smallest absolute Gasteiger partial charge is 0.184 e. The molecule has 3 nitrogen and oxygen atoms in total. The number of hydrazone groups is 1. The lowest BCUT2D eigenvalue weighted by molar-refractivity contribution is 0.520. The van der Waals surface area contributed by atoms with Crippen LogP contribution in [0.3, 0.4) is 0 Å². The quantitative estimate of drug-likeness (QED) is 0.649. The third-order valence-electron chi connectivity index (χ3n) is 3.34. The van der Waals surface area contributed by atoms with Crippen molar-refractivity contribution in [1.29, 1.82) is 0 Å². The standard InChI is InChI=1S/C14H19N3S/c15-14(18)17-16-13-9-5-4-8-12(13)10-11-6-2-1-3-7-11/h1-3,6-7,12H,4-5,8-10H2,(H3,15,17,18). The van der Waals surface area contributed by atoms with E-state index < -0.39 is 0 Å². The molecule has 1 fully saturated rings. The minimum absolute atomic E-state index is 0.242. The first-order chi connectivity index (χ1) is 8.75. The van der Waals surface area contributed by atoms with Gasteiger partial charge in [0.15, 0.2) is 5.11 Å². The van der Waals surface area contributed by atoms with E-state index in [0.29, 0.717) is 5.92 Å². The first kappa shape index (κ1) is 13.0. The molecule has 1 saturated carbocycles. The van der Waals surface area contributed by atoms with Crippen molar-refractivity contribution in [1.82, 2.24) is 5.43 Å². The molecule has 0 radical (unpaired) electrons. The number of thiocarbonyl (C=S) groups is 1. The van der Waals surface area contributed by atoms with Crippen molar-refractivity contribution in [3.05, 3.63) is 35.9 Å². The fourth-order valence-electron chi connectivity index (χ4n) is 2.46. The lowest BCUT2D eigenvalue weighted by Crippen LogP contribution is -2.29. The number of hydrogen-bond donors (Lipinski definition) is 2. The van der Waals surface area contributed by atoms with E-state index in [1.807, 2.05) is 6.07 Å². The van der Waals surface area contributed by atoms with Crippen LogP contribution in [0.1, 0.15) is 31.2 Å². The van der Waals surface area contributed by atoms with Crippen LogP contribution >= 0.6 is 12.2 Å². The molecule has 1 aliphatic carbocycles. The Hall–Kier alpha value is -1.42. The fourth-order valence-corrected chi connectivity index (χ4v) is 2.51. The monoisotopic (exact) mass is 261 g/mol. The summed E-state index contributed by atoms with van der Waals surface area (Å²) in [6.45, 7) is 0. The maximum atomic E-state index is 5.42. The van der Waals surface area contributed by atoms with Gasteiger partial charge in [-0.05, 0) is 43.5 Å². The molecule has 1 unspecified atom stereocenters. The molecule has 4 heteroatoms. The van der Waals surface area contributed by atoms with Crippen molar-refractivity contribution in [2.24, 2.45) is 16.8 Å². The SMILES string of the molecule is NC(=S)NN=C1CCCCC1Cc1ccccc1. The van der Waals surface area contributed by atoms with Gasteiger partial charge in [0.1, 0.15) is 0 Å². The highest BCUT2D eigenvalue weighted by molar-refractivity contribution is 7.80. The van der Waals surface area contributed by atoms with Gasteiger partial charge in [0.25, 0.3) is 0 Å². The van der Waals surface area contributed by atoms with Crippen LogP contribution in [0.15, 0.2) is 35.4 Å². The first-order valence-corrected chi connectivity index (χ1v) is 6.82. The van der Waals surface area contributed by atoms with Gasteiger partial charge in [0.2, 0.25) is 0 Å². The Morgan fingerprint density at radius 2 is 2.11 bits per heavy atom. The summed E-state index contributed by atoms with van der Waals surface area (Å²) in [7, 11) is 0. The topological polar surface area (TPSA) is 50.4 Å². The van der Waals surface area contributed by atoms with E-state index >= 15 is 0 Å². The molecule has 96 valence electrons. The summed E-state index contributed by atoms with van der Waals surface area (Å²) in [5.74, 6) is 0.517. The fraction of sp³-hybridized carbons (Fsp3) is 0.429. The maximum absolute atomic E-state index is 5.42. The summed E-state index contributed by atoms with van der Waals surface area (Å²) in [5.41, 5.74) is 10.7. The Bertz CT molecular complexity index is 428. The van der Waals surface area contributed by atoms with Crippen LogP contribution in [0, 0.1) is 5.92 Å². The van der Waals surface area contributed by atoms with Gasteiger partial charge in [-0.25, -0.2) is 0 Å². The lowest BCUT2D eigenvalue weighted by Gasteiger charge is -2.24. The summed E-state index contributed by atoms with van der Waals surface area (Å²) in [6, 6.07) is 10.6. The molecule has 0 saturated heterocycles. The van der Waals surface area contributed by atoms with Crippen LogP contribution in [0.5, 0.6) is 0 Å². The molecule has 18 heavy (non-hydrogen) atoms. The Balaban J connectivity index is 2.04. The van der Waals surface area contributed by atoms with Crippen molar-refractivity contribution in [3.8, 4) is 0 Å². The number of nitrogens with zero attached hydrogens (tertiary/aromatic N) is 1. The summed E-state index contributed by atoms with van der Waals surface area (Å²) >= 11 is 4.79. The van der Waals surface area contributed by atoms with E-state index in [1.165, 1.54) is 30.5 Å². The van der Waals surface area contributed by atoms with Crippen LogP contribution in [-0.4, -0.2) is 10.8 Å². The first-order valence-electron chi connectivity index (χ1n) is 6.41. The van der Waals surface area contributed by atoms with Gasteiger partial charge in [-0.1, -0.05) is 36.8 Å². The van der Waals surface area contributed by atoms with Crippen molar-refractivity contribution in [2.75, 3.05) is 0 Å². The highest BCUT2D eigenvalue weighted by Crippen LogP contribution is 2.25. The van der Waals surface area contributed by atoms with Gasteiger partial charge in [-0.3, -0.25) is 5.43 Å². The normalized spacial score (nSPS) is 21.8. The molecular weight excluding hydrogens is 242 g/mol. The van der Waals surface area contributed by atoms with Gasteiger partial charge >= 0.3 is 0 Å². The van der Waals surface area contributed by atoms with Crippen molar-refractivity contribution < 1.29 is 0 Å². The van der Waals surface area contributed by atoms with E-state index in [-0.39, 0.29) is 5.11 Å². The van der Waals surface area contributed by atoms with Crippen LogP contribution in [0.4, 0.5) is 0 Å². The predicted octanol–water partition coefficient (Wildman–Crippen LogP) is 2.61.